The molecule has 0 atom stereocenters. The second-order valence-corrected chi connectivity index (χ2v) is 2.74. The van der Waals surface area contributed by atoms with Crippen molar-refractivity contribution in [3.8, 4) is 0 Å². The highest BCUT2D eigenvalue weighted by Gasteiger charge is 2.06. The lowest BCUT2D eigenvalue weighted by Crippen LogP contribution is -2.38. The summed E-state index contributed by atoms with van der Waals surface area (Å²) in [5.74, 6) is 0.413. The fourth-order valence-corrected chi connectivity index (χ4v) is 1.04. The Morgan fingerprint density at radius 1 is 1.58 bits per heavy atom. The fourth-order valence-electron chi connectivity index (χ4n) is 0.834. The molecule has 0 bridgehead atoms. The molecule has 12 heavy (non-hydrogen) atoms. The molecule has 4 nitrogen and oxygen atoms in total. The maximum Gasteiger partial charge on any atom is 0.314 e. The number of methoxy groups -OCH3 is 1. The van der Waals surface area contributed by atoms with Crippen LogP contribution in [-0.2, 0) is 4.74 Å². The Labute approximate surface area is 77.6 Å². The van der Waals surface area contributed by atoms with Gasteiger partial charge >= 0.3 is 6.03 Å². The first-order chi connectivity index (χ1) is 5.72. The third kappa shape index (κ3) is 5.21. The minimum absolute atomic E-state index is 0.413. The standard InChI is InChI=1S/C7H15ClN2O2/c1-12-6-2-4-10(5-3-8)7(9)11/h2-6H2,1H3,(H2,9,11). The number of rotatable bonds is 6. The first kappa shape index (κ1) is 11.5. The van der Waals surface area contributed by atoms with Crippen molar-refractivity contribution < 1.29 is 9.53 Å². The summed E-state index contributed by atoms with van der Waals surface area (Å²) in [6, 6.07) is -0.424. The molecule has 0 saturated heterocycles. The number of primary amides is 1. The van der Waals surface area contributed by atoms with Gasteiger partial charge in [-0.25, -0.2) is 4.79 Å². The molecule has 0 radical (unpaired) electrons. The Bertz CT molecular complexity index is 133. The highest BCUT2D eigenvalue weighted by Crippen LogP contribution is 1.92. The number of halogens is 1. The zero-order chi connectivity index (χ0) is 9.40. The predicted octanol–water partition coefficient (Wildman–Crippen LogP) is 0.642. The van der Waals surface area contributed by atoms with Crippen LogP contribution in [0.5, 0.6) is 0 Å². The second kappa shape index (κ2) is 7.18. The van der Waals surface area contributed by atoms with Crippen molar-refractivity contribution in [1.29, 1.82) is 0 Å². The Kier molecular flexibility index (Phi) is 6.90. The lowest BCUT2D eigenvalue weighted by atomic mass is 10.4. The summed E-state index contributed by atoms with van der Waals surface area (Å²) in [6.07, 6.45) is 0.788. The van der Waals surface area contributed by atoms with Gasteiger partial charge in [-0.3, -0.25) is 0 Å². The molecule has 0 aromatic rings. The summed E-state index contributed by atoms with van der Waals surface area (Å²) in [6.45, 7) is 1.74. The molecule has 0 saturated carbocycles. The average molecular weight is 195 g/mol. The third-order valence-corrected chi connectivity index (χ3v) is 1.61. The van der Waals surface area contributed by atoms with Gasteiger partial charge in [-0.05, 0) is 6.42 Å². The van der Waals surface area contributed by atoms with Crippen LogP contribution < -0.4 is 5.73 Å². The van der Waals surface area contributed by atoms with Gasteiger partial charge in [0, 0.05) is 32.7 Å². The molecule has 72 valence electrons. The monoisotopic (exact) mass is 194 g/mol. The minimum atomic E-state index is -0.424. The van der Waals surface area contributed by atoms with E-state index in [4.69, 9.17) is 22.1 Å². The van der Waals surface area contributed by atoms with Gasteiger partial charge in [-0.2, -0.15) is 0 Å². The number of carbonyl (C=O) groups excluding carboxylic acids is 1. The molecular formula is C7H15ClN2O2. The number of carbonyl (C=O) groups is 1. The molecule has 2 N–H and O–H groups in total. The maximum absolute atomic E-state index is 10.7. The van der Waals surface area contributed by atoms with Crippen LogP contribution in [0, 0.1) is 0 Å². The van der Waals surface area contributed by atoms with Crippen LogP contribution in [0.15, 0.2) is 0 Å². The lowest BCUT2D eigenvalue weighted by molar-refractivity contribution is 0.174. The zero-order valence-electron chi connectivity index (χ0n) is 7.25. The molecule has 0 heterocycles. The molecule has 0 unspecified atom stereocenters. The van der Waals surface area contributed by atoms with Crippen LogP contribution in [0.4, 0.5) is 4.79 Å². The third-order valence-electron chi connectivity index (χ3n) is 1.44. The van der Waals surface area contributed by atoms with Crippen molar-refractivity contribution in [2.45, 2.75) is 6.42 Å². The molecular weight excluding hydrogens is 180 g/mol. The van der Waals surface area contributed by atoms with Gasteiger partial charge in [0.25, 0.3) is 0 Å². The van der Waals surface area contributed by atoms with E-state index in [1.54, 1.807) is 7.11 Å². The van der Waals surface area contributed by atoms with Crippen LogP contribution >= 0.6 is 11.6 Å². The van der Waals surface area contributed by atoms with Gasteiger partial charge in [0.2, 0.25) is 0 Å². The van der Waals surface area contributed by atoms with Gasteiger partial charge in [-0.1, -0.05) is 0 Å². The van der Waals surface area contributed by atoms with E-state index >= 15 is 0 Å². The first-order valence-corrected chi connectivity index (χ1v) is 4.35. The fraction of sp³-hybridized carbons (Fsp3) is 0.857. The summed E-state index contributed by atoms with van der Waals surface area (Å²) in [5, 5.41) is 0. The van der Waals surface area contributed by atoms with Crippen molar-refractivity contribution in [1.82, 2.24) is 4.90 Å². The lowest BCUT2D eigenvalue weighted by Gasteiger charge is -2.18. The molecule has 0 aliphatic heterocycles. The van der Waals surface area contributed by atoms with Crippen LogP contribution in [-0.4, -0.2) is 43.6 Å². The summed E-state index contributed by atoms with van der Waals surface area (Å²) < 4.78 is 4.84. The van der Waals surface area contributed by atoms with Crippen molar-refractivity contribution in [3.63, 3.8) is 0 Å². The molecule has 2 amide bonds. The van der Waals surface area contributed by atoms with Gasteiger partial charge in [0.05, 0.1) is 0 Å². The Morgan fingerprint density at radius 3 is 2.67 bits per heavy atom. The van der Waals surface area contributed by atoms with E-state index in [2.05, 4.69) is 0 Å². The topological polar surface area (TPSA) is 55.6 Å². The Morgan fingerprint density at radius 2 is 2.25 bits per heavy atom. The normalized spacial score (nSPS) is 9.83. The van der Waals surface area contributed by atoms with Crippen molar-refractivity contribution in [3.05, 3.63) is 0 Å². The quantitative estimate of drug-likeness (QED) is 0.499. The summed E-state index contributed by atoms with van der Waals surface area (Å²) in [4.78, 5) is 12.2. The second-order valence-electron chi connectivity index (χ2n) is 2.36. The highest BCUT2D eigenvalue weighted by molar-refractivity contribution is 6.18. The molecule has 0 aromatic carbocycles. The summed E-state index contributed by atoms with van der Waals surface area (Å²) >= 11 is 5.47. The van der Waals surface area contributed by atoms with Crippen molar-refractivity contribution in [2.24, 2.45) is 5.73 Å². The van der Waals surface area contributed by atoms with E-state index in [1.807, 2.05) is 0 Å². The van der Waals surface area contributed by atoms with E-state index in [-0.39, 0.29) is 0 Å². The first-order valence-electron chi connectivity index (χ1n) is 3.81. The van der Waals surface area contributed by atoms with Crippen molar-refractivity contribution >= 4 is 17.6 Å². The van der Waals surface area contributed by atoms with E-state index in [9.17, 15) is 4.79 Å². The Hall–Kier alpha value is -0.480. The number of hydrogen-bond acceptors (Lipinski definition) is 2. The number of nitrogens with two attached hydrogens (primary N) is 1. The summed E-state index contributed by atoms with van der Waals surface area (Å²) in [5.41, 5.74) is 5.09. The molecule has 0 fully saturated rings. The van der Waals surface area contributed by atoms with Crippen LogP contribution in [0.3, 0.4) is 0 Å². The zero-order valence-corrected chi connectivity index (χ0v) is 8.01. The van der Waals surface area contributed by atoms with Gasteiger partial charge in [0.1, 0.15) is 0 Å². The summed E-state index contributed by atoms with van der Waals surface area (Å²) in [7, 11) is 1.62. The van der Waals surface area contributed by atoms with E-state index < -0.39 is 6.03 Å². The molecule has 0 aliphatic carbocycles. The van der Waals surface area contributed by atoms with Crippen LogP contribution in [0.1, 0.15) is 6.42 Å². The minimum Gasteiger partial charge on any atom is -0.385 e. The predicted molar refractivity (Wildman–Crippen MR) is 48.4 cm³/mol. The molecule has 0 rings (SSSR count). The Balaban J connectivity index is 3.56. The molecule has 0 aromatic heterocycles. The number of hydrogen-bond donors (Lipinski definition) is 1. The molecule has 0 aliphatic rings. The van der Waals surface area contributed by atoms with Crippen molar-refractivity contribution in [2.75, 3.05) is 32.7 Å². The number of nitrogens with zero attached hydrogens (tertiary/aromatic N) is 1. The van der Waals surface area contributed by atoms with E-state index in [1.165, 1.54) is 4.90 Å². The largest absolute Gasteiger partial charge is 0.385 e. The van der Waals surface area contributed by atoms with Crippen LogP contribution in [0.25, 0.3) is 0 Å². The number of ether oxygens (including phenoxy) is 1. The molecule has 5 heteroatoms. The average Bonchev–Trinajstić information content (AvgIpc) is 2.03. The molecule has 0 spiro atoms. The number of alkyl halides is 1. The maximum atomic E-state index is 10.7. The number of urea groups is 1. The van der Waals surface area contributed by atoms with E-state index in [0.29, 0.717) is 25.6 Å². The van der Waals surface area contributed by atoms with Gasteiger partial charge in [0.15, 0.2) is 0 Å². The van der Waals surface area contributed by atoms with Gasteiger partial charge in [-0.15, -0.1) is 11.6 Å². The van der Waals surface area contributed by atoms with Gasteiger partial charge < -0.3 is 15.4 Å². The van der Waals surface area contributed by atoms with Crippen LogP contribution in [0.2, 0.25) is 0 Å². The number of amides is 2. The van der Waals surface area contributed by atoms with E-state index in [0.717, 1.165) is 6.42 Å². The SMILES string of the molecule is COCCCN(CCCl)C(N)=O. The highest BCUT2D eigenvalue weighted by atomic mass is 35.5. The smallest absolute Gasteiger partial charge is 0.314 e.